The maximum absolute atomic E-state index is 11.6. The summed E-state index contributed by atoms with van der Waals surface area (Å²) >= 11 is 0. The zero-order valence-corrected chi connectivity index (χ0v) is 11.6. The summed E-state index contributed by atoms with van der Waals surface area (Å²) < 4.78 is 33.5. The van der Waals surface area contributed by atoms with Crippen molar-refractivity contribution in [2.45, 2.75) is 18.2 Å². The van der Waals surface area contributed by atoms with Crippen LogP contribution in [0.2, 0.25) is 0 Å². The van der Waals surface area contributed by atoms with Gasteiger partial charge in [0.25, 0.3) is 0 Å². The van der Waals surface area contributed by atoms with Crippen molar-refractivity contribution in [3.63, 3.8) is 0 Å². The van der Waals surface area contributed by atoms with Gasteiger partial charge in [-0.25, -0.2) is 8.42 Å². The van der Waals surface area contributed by atoms with Gasteiger partial charge in [-0.05, 0) is 13.0 Å². The minimum Gasteiger partial charge on any atom is -0.493 e. The number of hydrogen-bond acceptors (Lipinski definition) is 5. The lowest BCUT2D eigenvalue weighted by Gasteiger charge is -2.15. The number of methoxy groups -OCH3 is 2. The van der Waals surface area contributed by atoms with Gasteiger partial charge in [0, 0.05) is 18.2 Å². The van der Waals surface area contributed by atoms with Gasteiger partial charge in [0.2, 0.25) is 0 Å². The van der Waals surface area contributed by atoms with Gasteiger partial charge in [-0.2, -0.15) is 0 Å². The molecule has 18 heavy (non-hydrogen) atoms. The molecule has 0 unspecified atom stereocenters. The second-order valence-corrected chi connectivity index (χ2v) is 5.92. The molecular weight excluding hydrogens is 256 g/mol. The van der Waals surface area contributed by atoms with E-state index < -0.39 is 9.84 Å². The van der Waals surface area contributed by atoms with Gasteiger partial charge >= 0.3 is 0 Å². The monoisotopic (exact) mass is 272 g/mol. The first-order valence-corrected chi connectivity index (χ1v) is 7.13. The van der Waals surface area contributed by atoms with Crippen LogP contribution in [0.4, 0.5) is 0 Å². The smallest absolute Gasteiger partial charge is 0.179 e. The zero-order chi connectivity index (χ0) is 13.9. The number of carbonyl (C=O) groups excluding carboxylic acids is 1. The highest BCUT2D eigenvalue weighted by Gasteiger charge is 2.21. The lowest BCUT2D eigenvalue weighted by molar-refractivity contribution is -0.116. The largest absolute Gasteiger partial charge is 0.493 e. The van der Waals surface area contributed by atoms with Gasteiger partial charge in [-0.1, -0.05) is 6.07 Å². The number of ether oxygens (including phenoxy) is 2. The van der Waals surface area contributed by atoms with Crippen LogP contribution in [0.25, 0.3) is 0 Å². The van der Waals surface area contributed by atoms with E-state index in [1.54, 1.807) is 6.07 Å². The molecule has 1 aromatic rings. The third-order valence-electron chi connectivity index (χ3n) is 2.40. The van der Waals surface area contributed by atoms with Crippen molar-refractivity contribution in [3.8, 4) is 11.5 Å². The van der Waals surface area contributed by atoms with Crippen LogP contribution in [0, 0.1) is 0 Å². The second-order valence-electron chi connectivity index (χ2n) is 3.94. The molecule has 0 aliphatic heterocycles. The highest BCUT2D eigenvalue weighted by Crippen LogP contribution is 2.37. The number of hydrogen-bond donors (Lipinski definition) is 0. The summed E-state index contributed by atoms with van der Waals surface area (Å²) in [6, 6.07) is 2.99. The number of carbonyl (C=O) groups is 1. The minimum absolute atomic E-state index is 0.0394. The van der Waals surface area contributed by atoms with Crippen molar-refractivity contribution < 1.29 is 22.7 Å². The molecule has 0 spiro atoms. The molecule has 6 heteroatoms. The van der Waals surface area contributed by atoms with Crippen LogP contribution < -0.4 is 9.47 Å². The first-order valence-electron chi connectivity index (χ1n) is 5.24. The Morgan fingerprint density at radius 1 is 1.17 bits per heavy atom. The van der Waals surface area contributed by atoms with Crippen molar-refractivity contribution in [3.05, 3.63) is 17.7 Å². The van der Waals surface area contributed by atoms with Crippen LogP contribution in [0.5, 0.6) is 11.5 Å². The Morgan fingerprint density at radius 3 is 2.11 bits per heavy atom. The standard InChI is InChI=1S/C12H16O5S/c1-8(13)7-9-5-6-10(18(4,14)15)12(17-3)11(9)16-2/h5-6H,7H2,1-4H3. The Hall–Kier alpha value is -1.56. The number of rotatable bonds is 5. The predicted octanol–water partition coefficient (Wildman–Crippen LogP) is 1.24. The second kappa shape index (κ2) is 5.39. The molecule has 0 saturated heterocycles. The molecule has 0 aromatic heterocycles. The summed E-state index contributed by atoms with van der Waals surface area (Å²) in [6.45, 7) is 1.45. The third-order valence-corrected chi connectivity index (χ3v) is 3.53. The summed E-state index contributed by atoms with van der Waals surface area (Å²) in [5.74, 6) is 0.386. The Balaban J connectivity index is 3.51. The maximum atomic E-state index is 11.6. The van der Waals surface area contributed by atoms with E-state index in [9.17, 15) is 13.2 Å². The van der Waals surface area contributed by atoms with Crippen molar-refractivity contribution in [2.24, 2.45) is 0 Å². The minimum atomic E-state index is -3.41. The van der Waals surface area contributed by atoms with Crippen LogP contribution in [0.15, 0.2) is 17.0 Å². The molecule has 0 fully saturated rings. The Kier molecular flexibility index (Phi) is 4.34. The van der Waals surface area contributed by atoms with E-state index in [2.05, 4.69) is 0 Å². The molecule has 0 amide bonds. The van der Waals surface area contributed by atoms with Gasteiger partial charge in [0.1, 0.15) is 10.7 Å². The van der Waals surface area contributed by atoms with Gasteiger partial charge in [0.05, 0.1) is 14.2 Å². The lowest BCUT2D eigenvalue weighted by Crippen LogP contribution is -2.06. The first-order chi connectivity index (χ1) is 8.31. The van der Waals surface area contributed by atoms with E-state index in [1.807, 2.05) is 0 Å². The van der Waals surface area contributed by atoms with E-state index in [-0.39, 0.29) is 28.6 Å². The van der Waals surface area contributed by atoms with Crippen LogP contribution in [-0.4, -0.2) is 34.7 Å². The fourth-order valence-corrected chi connectivity index (χ4v) is 2.53. The molecule has 5 nitrogen and oxygen atoms in total. The van der Waals surface area contributed by atoms with Gasteiger partial charge in [0.15, 0.2) is 21.3 Å². The normalized spacial score (nSPS) is 11.1. The van der Waals surface area contributed by atoms with Crippen molar-refractivity contribution in [2.75, 3.05) is 20.5 Å². The summed E-state index contributed by atoms with van der Waals surface area (Å²) in [7, 11) is -0.638. The average molecular weight is 272 g/mol. The first kappa shape index (κ1) is 14.5. The fraction of sp³-hybridized carbons (Fsp3) is 0.417. The number of sulfone groups is 1. The number of Topliss-reactive ketones (excluding diaryl/α,β-unsaturated/α-hetero) is 1. The molecule has 1 aromatic carbocycles. The van der Waals surface area contributed by atoms with E-state index in [0.29, 0.717) is 5.56 Å². The van der Waals surface area contributed by atoms with Crippen LogP contribution >= 0.6 is 0 Å². The van der Waals surface area contributed by atoms with Gasteiger partial charge in [-0.3, -0.25) is 4.79 Å². The van der Waals surface area contributed by atoms with Gasteiger partial charge < -0.3 is 9.47 Å². The highest BCUT2D eigenvalue weighted by molar-refractivity contribution is 7.90. The Labute approximate surface area is 107 Å². The van der Waals surface area contributed by atoms with Crippen LogP contribution in [0.3, 0.4) is 0 Å². The lowest BCUT2D eigenvalue weighted by atomic mass is 10.1. The van der Waals surface area contributed by atoms with Crippen LogP contribution in [0.1, 0.15) is 12.5 Å². The van der Waals surface area contributed by atoms with Crippen LogP contribution in [-0.2, 0) is 21.1 Å². The molecule has 0 aliphatic rings. The summed E-state index contributed by atoms with van der Waals surface area (Å²) in [4.78, 5) is 11.2. The van der Waals surface area contributed by atoms with Gasteiger partial charge in [-0.15, -0.1) is 0 Å². The molecule has 1 rings (SSSR count). The van der Waals surface area contributed by atoms with Crippen molar-refractivity contribution in [1.29, 1.82) is 0 Å². The summed E-state index contributed by atoms with van der Waals surface area (Å²) in [6.07, 6.45) is 1.26. The topological polar surface area (TPSA) is 69.7 Å². The molecule has 0 aliphatic carbocycles. The number of benzene rings is 1. The molecule has 0 atom stereocenters. The molecule has 0 bridgehead atoms. The predicted molar refractivity (Wildman–Crippen MR) is 67.0 cm³/mol. The molecular formula is C12H16O5S. The van der Waals surface area contributed by atoms with Crippen molar-refractivity contribution >= 4 is 15.6 Å². The summed E-state index contributed by atoms with van der Waals surface area (Å²) in [5.41, 5.74) is 0.606. The fourth-order valence-electron chi connectivity index (χ4n) is 1.70. The third kappa shape index (κ3) is 3.01. The van der Waals surface area contributed by atoms with E-state index in [1.165, 1.54) is 27.2 Å². The SMILES string of the molecule is COc1c(CC(C)=O)ccc(S(C)(=O)=O)c1OC. The van der Waals surface area contributed by atoms with E-state index in [4.69, 9.17) is 9.47 Å². The van der Waals surface area contributed by atoms with E-state index >= 15 is 0 Å². The quantitative estimate of drug-likeness (QED) is 0.806. The molecule has 0 saturated carbocycles. The zero-order valence-electron chi connectivity index (χ0n) is 10.8. The number of ketones is 1. The molecule has 0 N–H and O–H groups in total. The maximum Gasteiger partial charge on any atom is 0.179 e. The highest BCUT2D eigenvalue weighted by atomic mass is 32.2. The average Bonchev–Trinajstić information content (AvgIpc) is 2.25. The molecule has 100 valence electrons. The molecule has 0 radical (unpaired) electrons. The summed E-state index contributed by atoms with van der Waals surface area (Å²) in [5, 5.41) is 0. The van der Waals surface area contributed by atoms with Crippen molar-refractivity contribution in [1.82, 2.24) is 0 Å². The Morgan fingerprint density at radius 2 is 1.72 bits per heavy atom. The van der Waals surface area contributed by atoms with E-state index in [0.717, 1.165) is 6.26 Å². The molecule has 0 heterocycles. The Bertz CT molecular complexity index is 560.